The number of carboxylic acid groups (broad SMARTS) is 4. The molecule has 426 valence electrons. The third-order valence-electron chi connectivity index (χ3n) is 11.1. The Labute approximate surface area is 434 Å². The molecule has 0 aromatic heterocycles. The number of primary amides is 1. The Balaban J connectivity index is 3.32. The van der Waals surface area contributed by atoms with Gasteiger partial charge in [-0.15, -0.1) is 0 Å². The summed E-state index contributed by atoms with van der Waals surface area (Å²) in [7, 11) is 0. The van der Waals surface area contributed by atoms with Gasteiger partial charge in [-0.2, -0.15) is 0 Å². The standard InChI is InChI=1S/C43H70N14O19/c1-19(2)14-25(39(72)53-24(8-10-29(45)59)37(70)50-20(3)34(67)55-26(16-33(65)66)41(74)57-13-5-7-28(57)42(75)76)54-38(71)22(6-4-12-48-43(46)47)51-30(60)17-49-36(69)23(9-11-31(61)62)52-40(73)27(18-58)56-35(68)21(44)15-32(63)64/h19-28,58H,4-18,44H2,1-3H3,(H2,45,59)(H,49,69)(H,50,70)(H,51,60)(H,52,73)(H,53,72)(H,54,71)(H,55,67)(H,56,68)(H,61,62)(H,63,64)(H,65,66)(H,75,76)(H4,46,47,48)/t20-,21-,22-,23-,24-,25-,26-,27-,28-/m0/s1. The minimum Gasteiger partial charge on any atom is -0.481 e. The van der Waals surface area contributed by atoms with Crippen LogP contribution >= 0.6 is 0 Å². The second-order valence-corrected chi connectivity index (χ2v) is 17.9. The average molecular weight is 1090 g/mol. The van der Waals surface area contributed by atoms with Crippen LogP contribution in [-0.2, 0) is 67.1 Å². The van der Waals surface area contributed by atoms with E-state index in [1.54, 1.807) is 13.8 Å². The molecule has 10 amide bonds. The van der Waals surface area contributed by atoms with Gasteiger partial charge in [0.2, 0.25) is 59.1 Å². The minimum atomic E-state index is -1.79. The van der Waals surface area contributed by atoms with Crippen LogP contribution in [0.1, 0.15) is 91.4 Å². The van der Waals surface area contributed by atoms with E-state index in [-0.39, 0.29) is 50.7 Å². The second kappa shape index (κ2) is 32.8. The van der Waals surface area contributed by atoms with Gasteiger partial charge in [0.15, 0.2) is 5.96 Å². The molecule has 0 radical (unpaired) electrons. The monoisotopic (exact) mass is 1090 g/mol. The first-order chi connectivity index (χ1) is 35.5. The Morgan fingerprint density at radius 3 is 1.64 bits per heavy atom. The Morgan fingerprint density at radius 1 is 0.592 bits per heavy atom. The molecule has 33 nitrogen and oxygen atoms in total. The number of likely N-dealkylation sites (tertiary alicyclic amines) is 1. The first kappa shape index (κ1) is 65.8. The van der Waals surface area contributed by atoms with E-state index in [2.05, 4.69) is 42.2 Å². The number of aliphatic hydroxyl groups is 1. The summed E-state index contributed by atoms with van der Waals surface area (Å²) in [6.45, 7) is 2.40. The topological polar surface area (TPSA) is 556 Å². The van der Waals surface area contributed by atoms with E-state index >= 15 is 0 Å². The van der Waals surface area contributed by atoms with Gasteiger partial charge >= 0.3 is 23.9 Å². The van der Waals surface area contributed by atoms with Gasteiger partial charge in [0.25, 0.3) is 0 Å². The number of aliphatic carboxylic acids is 4. The molecular weight excluding hydrogens is 1020 g/mol. The highest BCUT2D eigenvalue weighted by molar-refractivity contribution is 5.99. The lowest BCUT2D eigenvalue weighted by molar-refractivity contribution is -0.150. The van der Waals surface area contributed by atoms with Crippen molar-refractivity contribution in [2.24, 2.45) is 33.8 Å². The third kappa shape index (κ3) is 24.7. The first-order valence-corrected chi connectivity index (χ1v) is 23.8. The van der Waals surface area contributed by atoms with Crippen molar-refractivity contribution in [2.75, 3.05) is 26.2 Å². The van der Waals surface area contributed by atoms with Crippen molar-refractivity contribution < 1.29 is 92.7 Å². The van der Waals surface area contributed by atoms with E-state index in [9.17, 15) is 87.5 Å². The SMILES string of the molecule is CC(C)C[C@H](NC(=O)[C@H](CCCN=C(N)N)NC(=O)CNC(=O)[C@H](CCC(=O)O)NC(=O)[C@H](CO)NC(=O)[C@@H](N)CC(=O)O)C(=O)N[C@@H](CCC(N)=O)C(=O)N[C@@H](C)C(=O)N[C@@H](CC(=O)O)C(=O)N1CCC[C@H]1C(=O)O. The Kier molecular flexibility index (Phi) is 28.4. The van der Waals surface area contributed by atoms with Crippen LogP contribution in [0, 0.1) is 5.92 Å². The van der Waals surface area contributed by atoms with Crippen LogP contribution in [0.3, 0.4) is 0 Å². The zero-order valence-electron chi connectivity index (χ0n) is 42.0. The summed E-state index contributed by atoms with van der Waals surface area (Å²) in [4.78, 5) is 182. The molecule has 76 heavy (non-hydrogen) atoms. The predicted molar refractivity (Wildman–Crippen MR) is 259 cm³/mol. The van der Waals surface area contributed by atoms with Gasteiger partial charge in [-0.25, -0.2) is 4.79 Å². The number of amides is 10. The van der Waals surface area contributed by atoms with Crippen molar-refractivity contribution >= 4 is 88.9 Å². The molecule has 0 saturated carbocycles. The second-order valence-electron chi connectivity index (χ2n) is 17.9. The van der Waals surface area contributed by atoms with Crippen molar-refractivity contribution in [3.63, 3.8) is 0 Å². The number of nitrogens with two attached hydrogens (primary N) is 4. The van der Waals surface area contributed by atoms with Gasteiger partial charge in [-0.05, 0) is 57.8 Å². The molecule has 0 aromatic rings. The van der Waals surface area contributed by atoms with E-state index in [1.807, 2.05) is 5.32 Å². The molecule has 21 N–H and O–H groups in total. The van der Waals surface area contributed by atoms with Crippen LogP contribution in [0.25, 0.3) is 0 Å². The molecule has 9 atom stereocenters. The lowest BCUT2D eigenvalue weighted by Crippen LogP contribution is -2.59. The quantitative estimate of drug-likeness (QED) is 0.0159. The molecule has 0 spiro atoms. The molecule has 0 aliphatic carbocycles. The molecule has 1 saturated heterocycles. The smallest absolute Gasteiger partial charge is 0.326 e. The third-order valence-corrected chi connectivity index (χ3v) is 11.1. The lowest BCUT2D eigenvalue weighted by Gasteiger charge is -2.28. The van der Waals surface area contributed by atoms with Gasteiger partial charge < -0.3 is 95.9 Å². The molecule has 1 aliphatic rings. The van der Waals surface area contributed by atoms with Crippen LogP contribution in [0.15, 0.2) is 4.99 Å². The van der Waals surface area contributed by atoms with Crippen molar-refractivity contribution in [2.45, 2.75) is 146 Å². The fourth-order valence-corrected chi connectivity index (χ4v) is 7.21. The molecule has 1 rings (SSSR count). The highest BCUT2D eigenvalue weighted by Gasteiger charge is 2.39. The highest BCUT2D eigenvalue weighted by atomic mass is 16.4. The maximum atomic E-state index is 13.9. The van der Waals surface area contributed by atoms with Crippen LogP contribution < -0.4 is 65.5 Å². The van der Waals surface area contributed by atoms with Gasteiger partial charge in [0.05, 0.1) is 32.0 Å². The average Bonchev–Trinajstić information content (AvgIpc) is 3.82. The maximum Gasteiger partial charge on any atom is 0.326 e. The summed E-state index contributed by atoms with van der Waals surface area (Å²) in [6, 6.07) is -14.3. The molecule has 1 aliphatic heterocycles. The van der Waals surface area contributed by atoms with Gasteiger partial charge in [0.1, 0.15) is 48.3 Å². The highest BCUT2D eigenvalue weighted by Crippen LogP contribution is 2.19. The number of aliphatic hydroxyl groups excluding tert-OH is 1. The zero-order valence-corrected chi connectivity index (χ0v) is 42.0. The molecule has 0 aromatic carbocycles. The van der Waals surface area contributed by atoms with Crippen molar-refractivity contribution in [3.05, 3.63) is 0 Å². The number of carboxylic acids is 4. The minimum absolute atomic E-state index is 0.0240. The maximum absolute atomic E-state index is 13.9. The summed E-state index contributed by atoms with van der Waals surface area (Å²) in [6.07, 6.45) is -3.92. The normalized spacial score (nSPS) is 16.0. The van der Waals surface area contributed by atoms with Gasteiger partial charge in [0, 0.05) is 25.9 Å². The number of nitrogens with one attached hydrogen (secondary N) is 8. The molecular formula is C43H70N14O19. The van der Waals surface area contributed by atoms with Crippen molar-refractivity contribution in [3.8, 4) is 0 Å². The van der Waals surface area contributed by atoms with E-state index < -0.39 is 189 Å². The predicted octanol–water partition coefficient (Wildman–Crippen LogP) is -7.91. The molecule has 33 heteroatoms. The molecule has 1 fully saturated rings. The number of hydrogen-bond donors (Lipinski definition) is 17. The van der Waals surface area contributed by atoms with Crippen LogP contribution in [-0.4, -0.2) is 200 Å². The van der Waals surface area contributed by atoms with E-state index in [0.29, 0.717) is 6.42 Å². The Hall–Kier alpha value is -8.23. The summed E-state index contributed by atoms with van der Waals surface area (Å²) in [5, 5.41) is 64.9. The van der Waals surface area contributed by atoms with Crippen LogP contribution in [0.2, 0.25) is 0 Å². The Morgan fingerprint density at radius 2 is 1.11 bits per heavy atom. The number of nitrogens with zero attached hydrogens (tertiary/aromatic N) is 2. The van der Waals surface area contributed by atoms with E-state index in [1.165, 1.54) is 0 Å². The van der Waals surface area contributed by atoms with Crippen LogP contribution in [0.4, 0.5) is 0 Å². The number of hydrogen-bond acceptors (Lipinski definition) is 17. The number of aliphatic imine (C=N–C) groups is 1. The van der Waals surface area contributed by atoms with Crippen molar-refractivity contribution in [1.82, 2.24) is 47.4 Å². The fraction of sp³-hybridized carbons (Fsp3) is 0.651. The number of guanidine groups is 1. The molecule has 1 heterocycles. The summed E-state index contributed by atoms with van der Waals surface area (Å²) >= 11 is 0. The number of rotatable bonds is 35. The van der Waals surface area contributed by atoms with Gasteiger partial charge in [-0.3, -0.25) is 67.3 Å². The van der Waals surface area contributed by atoms with E-state index in [4.69, 9.17) is 28.0 Å². The fourth-order valence-electron chi connectivity index (χ4n) is 7.21. The summed E-state index contributed by atoms with van der Waals surface area (Å²) in [5.41, 5.74) is 21.6. The summed E-state index contributed by atoms with van der Waals surface area (Å²) in [5.74, 6) is -17.0. The zero-order chi connectivity index (χ0) is 58.0. The van der Waals surface area contributed by atoms with Gasteiger partial charge in [-0.1, -0.05) is 13.8 Å². The van der Waals surface area contributed by atoms with Crippen molar-refractivity contribution in [1.29, 1.82) is 0 Å². The van der Waals surface area contributed by atoms with Crippen LogP contribution in [0.5, 0.6) is 0 Å². The Bertz CT molecular complexity index is 2170. The lowest BCUT2D eigenvalue weighted by atomic mass is 10.0. The number of carbonyl (C=O) groups excluding carboxylic acids is 10. The molecule has 0 bridgehead atoms. The largest absolute Gasteiger partial charge is 0.481 e. The summed E-state index contributed by atoms with van der Waals surface area (Å²) < 4.78 is 0. The van der Waals surface area contributed by atoms with E-state index in [0.717, 1.165) is 11.8 Å². The first-order valence-electron chi connectivity index (χ1n) is 23.8. The molecule has 0 unspecified atom stereocenters. The number of carbonyl (C=O) groups is 14.